The van der Waals surface area contributed by atoms with E-state index in [1.54, 1.807) is 60.7 Å². The van der Waals surface area contributed by atoms with Gasteiger partial charge < -0.3 is 15.4 Å². The van der Waals surface area contributed by atoms with Crippen LogP contribution >= 0.6 is 0 Å². The maximum Gasteiger partial charge on any atom is 0.326 e. The second kappa shape index (κ2) is 11.4. The molecule has 0 spiro atoms. The number of fused-ring (bicyclic) bond motifs is 1. The number of sulfonamides is 1. The first-order valence-corrected chi connectivity index (χ1v) is 13.8. The van der Waals surface area contributed by atoms with Crippen LogP contribution in [0, 0.1) is 0 Å². The van der Waals surface area contributed by atoms with E-state index in [-0.39, 0.29) is 11.3 Å². The summed E-state index contributed by atoms with van der Waals surface area (Å²) in [7, 11) is -4.09. The van der Waals surface area contributed by atoms with Crippen LogP contribution in [0.2, 0.25) is 0 Å². The van der Waals surface area contributed by atoms with Crippen molar-refractivity contribution in [2.45, 2.75) is 17.4 Å². The number of benzene rings is 4. The molecule has 4 aromatic carbocycles. The number of nitrogens with one attached hydrogen (secondary N) is 4. The van der Waals surface area contributed by atoms with Crippen LogP contribution in [0.25, 0.3) is 22.2 Å². The van der Waals surface area contributed by atoms with E-state index < -0.39 is 28.1 Å². The molecule has 10 nitrogen and oxygen atoms in total. The Morgan fingerprint density at radius 2 is 1.55 bits per heavy atom. The number of aromatic nitrogens is 2. The smallest absolute Gasteiger partial charge is 0.326 e. The van der Waals surface area contributed by atoms with Crippen LogP contribution < -0.4 is 15.4 Å². The van der Waals surface area contributed by atoms with E-state index in [1.807, 2.05) is 30.3 Å². The third-order valence-electron chi connectivity index (χ3n) is 6.12. The van der Waals surface area contributed by atoms with E-state index in [0.29, 0.717) is 22.8 Å². The summed E-state index contributed by atoms with van der Waals surface area (Å²) in [6.07, 6.45) is 0.0111. The fourth-order valence-electron chi connectivity index (χ4n) is 4.17. The molecular formula is C29H25N5O5S. The summed E-state index contributed by atoms with van der Waals surface area (Å²) in [4.78, 5) is 31.5. The molecule has 11 heteroatoms. The number of aromatic amines is 1. The standard InChI is InChI=1S/C29H25N5O5S/c35-27(36)26(17-19-7-2-1-3-8-19)34-40(38,39)23-15-13-20(14-16-23)21-9-6-10-22(18-21)30-29(37)33-28-31-24-11-4-5-12-25(24)32-28/h1-16,18,26,34H,17H2,(H,35,36)(H3,30,31,32,33,37). The third kappa shape index (κ3) is 6.34. The zero-order valence-corrected chi connectivity index (χ0v) is 21.9. The van der Waals surface area contributed by atoms with Crippen molar-refractivity contribution in [3.8, 4) is 11.1 Å². The summed E-state index contributed by atoms with van der Waals surface area (Å²) in [5.74, 6) is -0.952. The number of amides is 2. The van der Waals surface area contributed by atoms with Crippen LogP contribution in [0.15, 0.2) is 108 Å². The van der Waals surface area contributed by atoms with Gasteiger partial charge in [0.15, 0.2) is 0 Å². The number of nitrogens with zero attached hydrogens (tertiary/aromatic N) is 1. The normalized spacial score (nSPS) is 12.1. The molecule has 1 atom stereocenters. The van der Waals surface area contributed by atoms with E-state index in [9.17, 15) is 23.1 Å². The van der Waals surface area contributed by atoms with Gasteiger partial charge in [-0.3, -0.25) is 10.1 Å². The SMILES string of the molecule is O=C(Nc1cccc(-c2ccc(S(=O)(=O)NC(Cc3ccccc3)C(=O)O)cc2)c1)Nc1nc2ccccc2[nH]1. The molecule has 5 aromatic rings. The van der Waals surface area contributed by atoms with Gasteiger partial charge in [-0.2, -0.15) is 4.72 Å². The topological polar surface area (TPSA) is 153 Å². The number of carbonyl (C=O) groups is 2. The minimum atomic E-state index is -4.09. The van der Waals surface area contributed by atoms with Crippen LogP contribution in [0.1, 0.15) is 5.56 Å². The van der Waals surface area contributed by atoms with Crippen molar-refractivity contribution in [3.63, 3.8) is 0 Å². The van der Waals surface area contributed by atoms with Crippen LogP contribution in [0.4, 0.5) is 16.4 Å². The molecule has 202 valence electrons. The lowest BCUT2D eigenvalue weighted by atomic mass is 10.1. The minimum absolute atomic E-state index is 0.0111. The van der Waals surface area contributed by atoms with Crippen molar-refractivity contribution in [2.24, 2.45) is 0 Å². The Hall–Kier alpha value is -5.00. The van der Waals surface area contributed by atoms with Crippen LogP contribution in [-0.4, -0.2) is 41.5 Å². The van der Waals surface area contributed by atoms with Gasteiger partial charge >= 0.3 is 12.0 Å². The fourth-order valence-corrected chi connectivity index (χ4v) is 5.36. The molecule has 0 radical (unpaired) electrons. The number of para-hydroxylation sites is 2. The first kappa shape index (κ1) is 26.6. The largest absolute Gasteiger partial charge is 0.480 e. The van der Waals surface area contributed by atoms with Crippen molar-refractivity contribution < 1.29 is 23.1 Å². The predicted molar refractivity (Wildman–Crippen MR) is 153 cm³/mol. The lowest BCUT2D eigenvalue weighted by molar-refractivity contribution is -0.138. The zero-order chi connectivity index (χ0) is 28.1. The average Bonchev–Trinajstić information content (AvgIpc) is 3.35. The molecule has 0 aliphatic rings. The summed E-state index contributed by atoms with van der Waals surface area (Å²) in [5.41, 5.74) is 4.21. The Morgan fingerprint density at radius 1 is 0.825 bits per heavy atom. The molecule has 1 unspecified atom stereocenters. The Morgan fingerprint density at radius 3 is 2.27 bits per heavy atom. The number of rotatable bonds is 9. The number of imidazole rings is 1. The van der Waals surface area contributed by atoms with Gasteiger partial charge in [0.2, 0.25) is 16.0 Å². The lowest BCUT2D eigenvalue weighted by Crippen LogP contribution is -2.42. The number of anilines is 2. The van der Waals surface area contributed by atoms with E-state index in [0.717, 1.165) is 16.6 Å². The van der Waals surface area contributed by atoms with Crippen molar-refractivity contribution >= 4 is 44.7 Å². The van der Waals surface area contributed by atoms with Gasteiger partial charge in [-0.05, 0) is 59.5 Å². The molecule has 0 saturated carbocycles. The number of H-pyrrole nitrogens is 1. The number of aliphatic carboxylic acids is 1. The van der Waals surface area contributed by atoms with Crippen LogP contribution in [0.5, 0.6) is 0 Å². The Bertz CT molecular complexity index is 1740. The molecule has 1 heterocycles. The maximum absolute atomic E-state index is 12.9. The molecule has 2 amide bonds. The Kier molecular flexibility index (Phi) is 7.58. The second-order valence-electron chi connectivity index (χ2n) is 8.99. The molecule has 0 fully saturated rings. The van der Waals surface area contributed by atoms with Crippen LogP contribution in [-0.2, 0) is 21.2 Å². The van der Waals surface area contributed by atoms with E-state index in [4.69, 9.17) is 0 Å². The van der Waals surface area contributed by atoms with Crippen LogP contribution in [0.3, 0.4) is 0 Å². The number of hydrogen-bond donors (Lipinski definition) is 5. The van der Waals surface area contributed by atoms with E-state index in [1.165, 1.54) is 12.1 Å². The lowest BCUT2D eigenvalue weighted by Gasteiger charge is -2.15. The summed E-state index contributed by atoms with van der Waals surface area (Å²) in [5, 5.41) is 15.0. The molecule has 0 aliphatic heterocycles. The number of carboxylic acids is 1. The molecule has 0 aliphatic carbocycles. The van der Waals surface area contributed by atoms with Gasteiger partial charge in [-0.15, -0.1) is 0 Å². The fraction of sp³-hybridized carbons (Fsp3) is 0.0690. The monoisotopic (exact) mass is 555 g/mol. The van der Waals surface area contributed by atoms with Gasteiger partial charge in [0.05, 0.1) is 15.9 Å². The number of carboxylic acid groups (broad SMARTS) is 1. The number of hydrogen-bond acceptors (Lipinski definition) is 5. The highest BCUT2D eigenvalue weighted by Crippen LogP contribution is 2.25. The van der Waals surface area contributed by atoms with Gasteiger partial charge in [0.1, 0.15) is 6.04 Å². The van der Waals surface area contributed by atoms with Crippen molar-refractivity contribution in [1.82, 2.24) is 14.7 Å². The quantitative estimate of drug-likeness (QED) is 0.175. The second-order valence-corrected chi connectivity index (χ2v) is 10.7. The first-order chi connectivity index (χ1) is 19.3. The predicted octanol–water partition coefficient (Wildman–Crippen LogP) is 4.85. The minimum Gasteiger partial charge on any atom is -0.480 e. The maximum atomic E-state index is 12.9. The Labute approximate surface area is 230 Å². The van der Waals surface area contributed by atoms with Gasteiger partial charge in [-0.25, -0.2) is 18.2 Å². The highest BCUT2D eigenvalue weighted by molar-refractivity contribution is 7.89. The van der Waals surface area contributed by atoms with Crippen molar-refractivity contribution in [3.05, 3.63) is 109 Å². The van der Waals surface area contributed by atoms with Gasteiger partial charge in [-0.1, -0.05) is 66.7 Å². The Balaban J connectivity index is 1.26. The first-order valence-electron chi connectivity index (χ1n) is 12.3. The highest BCUT2D eigenvalue weighted by Gasteiger charge is 2.25. The van der Waals surface area contributed by atoms with E-state index >= 15 is 0 Å². The highest BCUT2D eigenvalue weighted by atomic mass is 32.2. The summed E-state index contributed by atoms with van der Waals surface area (Å²) < 4.78 is 28.1. The number of urea groups is 1. The van der Waals surface area contributed by atoms with E-state index in [2.05, 4.69) is 25.3 Å². The van der Waals surface area contributed by atoms with Gasteiger partial charge in [0.25, 0.3) is 0 Å². The summed E-state index contributed by atoms with van der Waals surface area (Å²) in [6, 6.07) is 27.5. The number of carbonyl (C=O) groups excluding carboxylic acids is 1. The summed E-state index contributed by atoms with van der Waals surface area (Å²) >= 11 is 0. The van der Waals surface area contributed by atoms with Crippen molar-refractivity contribution in [1.29, 1.82) is 0 Å². The molecule has 0 saturated heterocycles. The molecule has 40 heavy (non-hydrogen) atoms. The molecular weight excluding hydrogens is 530 g/mol. The van der Waals surface area contributed by atoms with Gasteiger partial charge in [0, 0.05) is 5.69 Å². The average molecular weight is 556 g/mol. The molecule has 5 N–H and O–H groups in total. The zero-order valence-electron chi connectivity index (χ0n) is 21.0. The van der Waals surface area contributed by atoms with Crippen molar-refractivity contribution in [2.75, 3.05) is 10.6 Å². The molecule has 0 bridgehead atoms. The summed E-state index contributed by atoms with van der Waals surface area (Å²) in [6.45, 7) is 0. The molecule has 5 rings (SSSR count). The third-order valence-corrected chi connectivity index (χ3v) is 7.61. The molecule has 1 aromatic heterocycles.